The maximum absolute atomic E-state index is 13.5. The van der Waals surface area contributed by atoms with Crippen molar-refractivity contribution in [1.82, 2.24) is 5.32 Å². The molecule has 1 aromatic carbocycles. The zero-order chi connectivity index (χ0) is 15.8. The lowest BCUT2D eigenvalue weighted by Gasteiger charge is -2.15. The molecule has 0 unspecified atom stereocenters. The highest BCUT2D eigenvalue weighted by Crippen LogP contribution is 2.11. The summed E-state index contributed by atoms with van der Waals surface area (Å²) in [5.74, 6) is -3.18. The topological polar surface area (TPSA) is 72.2 Å². The fourth-order valence-electron chi connectivity index (χ4n) is 1.97. The molecule has 0 aromatic heterocycles. The Morgan fingerprint density at radius 3 is 2.52 bits per heavy atom. The maximum Gasteiger partial charge on any atom is 0.254 e. The Bertz CT molecular complexity index is 506. The molecule has 0 bridgehead atoms. The standard InChI is InChI=1S/C15H20F2N2O2/c1-2-3-4-5-6-13(14(18)20)19-15(21)11-8-7-10(16)9-12(11)17/h7-9,13H,2-6H2,1H3,(H2,18,20)(H,19,21)/t13-/m1/s1. The summed E-state index contributed by atoms with van der Waals surface area (Å²) in [6, 6.07) is 1.79. The number of benzene rings is 1. The number of hydrogen-bond acceptors (Lipinski definition) is 2. The number of primary amides is 1. The van der Waals surface area contributed by atoms with E-state index < -0.39 is 29.5 Å². The first kappa shape index (κ1) is 17.1. The fourth-order valence-corrected chi connectivity index (χ4v) is 1.97. The van der Waals surface area contributed by atoms with Crippen LogP contribution in [0.5, 0.6) is 0 Å². The first-order chi connectivity index (χ1) is 9.95. The summed E-state index contributed by atoms with van der Waals surface area (Å²) in [6.07, 6.45) is 4.17. The van der Waals surface area contributed by atoms with Gasteiger partial charge in [-0.3, -0.25) is 9.59 Å². The molecule has 116 valence electrons. The van der Waals surface area contributed by atoms with Crippen LogP contribution in [0.4, 0.5) is 8.78 Å². The summed E-state index contributed by atoms with van der Waals surface area (Å²) in [5, 5.41) is 2.39. The number of nitrogens with one attached hydrogen (secondary N) is 1. The largest absolute Gasteiger partial charge is 0.368 e. The lowest BCUT2D eigenvalue weighted by Crippen LogP contribution is -2.44. The van der Waals surface area contributed by atoms with Gasteiger partial charge in [0.05, 0.1) is 5.56 Å². The van der Waals surface area contributed by atoms with Crippen LogP contribution in [0.2, 0.25) is 0 Å². The molecule has 1 atom stereocenters. The zero-order valence-electron chi connectivity index (χ0n) is 12.0. The van der Waals surface area contributed by atoms with Gasteiger partial charge in [0.2, 0.25) is 5.91 Å². The van der Waals surface area contributed by atoms with Crippen molar-refractivity contribution in [2.24, 2.45) is 5.73 Å². The molecule has 1 aromatic rings. The predicted octanol–water partition coefficient (Wildman–Crippen LogP) is 2.52. The van der Waals surface area contributed by atoms with Crippen molar-refractivity contribution in [3.8, 4) is 0 Å². The second kappa shape index (κ2) is 8.34. The molecule has 4 nitrogen and oxygen atoms in total. The number of carbonyl (C=O) groups excluding carboxylic acids is 2. The predicted molar refractivity (Wildman–Crippen MR) is 75.6 cm³/mol. The molecule has 0 heterocycles. The van der Waals surface area contributed by atoms with E-state index in [0.717, 1.165) is 37.8 Å². The number of amides is 2. The van der Waals surface area contributed by atoms with Crippen LogP contribution in [0.3, 0.4) is 0 Å². The van der Waals surface area contributed by atoms with Crippen molar-refractivity contribution in [2.45, 2.75) is 45.1 Å². The van der Waals surface area contributed by atoms with Crippen LogP contribution in [-0.4, -0.2) is 17.9 Å². The molecule has 0 aliphatic rings. The summed E-state index contributed by atoms with van der Waals surface area (Å²) in [5.41, 5.74) is 4.92. The van der Waals surface area contributed by atoms with Crippen LogP contribution in [0, 0.1) is 11.6 Å². The highest BCUT2D eigenvalue weighted by molar-refractivity contribution is 5.97. The Labute approximate surface area is 122 Å². The van der Waals surface area contributed by atoms with Crippen LogP contribution in [0.25, 0.3) is 0 Å². The Balaban J connectivity index is 2.65. The van der Waals surface area contributed by atoms with E-state index in [2.05, 4.69) is 12.2 Å². The Morgan fingerprint density at radius 1 is 1.24 bits per heavy atom. The average molecular weight is 298 g/mol. The molecule has 0 saturated carbocycles. The van der Waals surface area contributed by atoms with E-state index in [1.54, 1.807) is 0 Å². The van der Waals surface area contributed by atoms with Crippen molar-refractivity contribution < 1.29 is 18.4 Å². The quantitative estimate of drug-likeness (QED) is 0.724. The number of nitrogens with two attached hydrogens (primary N) is 1. The molecule has 21 heavy (non-hydrogen) atoms. The molecule has 0 aliphatic heterocycles. The third-order valence-corrected chi connectivity index (χ3v) is 3.17. The molecule has 0 saturated heterocycles. The summed E-state index contributed by atoms with van der Waals surface area (Å²) in [7, 11) is 0. The minimum Gasteiger partial charge on any atom is -0.368 e. The summed E-state index contributed by atoms with van der Waals surface area (Å²) >= 11 is 0. The van der Waals surface area contributed by atoms with Crippen LogP contribution >= 0.6 is 0 Å². The minimum absolute atomic E-state index is 0.309. The van der Waals surface area contributed by atoms with E-state index >= 15 is 0 Å². The number of hydrogen-bond donors (Lipinski definition) is 2. The molecule has 6 heteroatoms. The van der Waals surface area contributed by atoms with E-state index in [1.807, 2.05) is 0 Å². The second-order valence-electron chi connectivity index (χ2n) is 4.90. The van der Waals surface area contributed by atoms with Gasteiger partial charge in [-0.1, -0.05) is 32.6 Å². The van der Waals surface area contributed by atoms with E-state index in [0.29, 0.717) is 12.5 Å². The number of rotatable bonds is 8. The van der Waals surface area contributed by atoms with Crippen molar-refractivity contribution in [3.05, 3.63) is 35.4 Å². The highest BCUT2D eigenvalue weighted by Gasteiger charge is 2.20. The van der Waals surface area contributed by atoms with Crippen molar-refractivity contribution in [2.75, 3.05) is 0 Å². The number of carbonyl (C=O) groups is 2. The van der Waals surface area contributed by atoms with Gasteiger partial charge in [0, 0.05) is 6.07 Å². The third kappa shape index (κ3) is 5.49. The van der Waals surface area contributed by atoms with Crippen molar-refractivity contribution >= 4 is 11.8 Å². The van der Waals surface area contributed by atoms with Gasteiger partial charge in [-0.2, -0.15) is 0 Å². The van der Waals surface area contributed by atoms with Gasteiger partial charge in [-0.25, -0.2) is 8.78 Å². The third-order valence-electron chi connectivity index (χ3n) is 3.17. The summed E-state index contributed by atoms with van der Waals surface area (Å²) < 4.78 is 26.3. The van der Waals surface area contributed by atoms with Gasteiger partial charge in [0.25, 0.3) is 5.91 Å². The lowest BCUT2D eigenvalue weighted by atomic mass is 10.1. The number of unbranched alkanes of at least 4 members (excludes halogenated alkanes) is 3. The van der Waals surface area contributed by atoms with Crippen LogP contribution in [0.15, 0.2) is 18.2 Å². The lowest BCUT2D eigenvalue weighted by molar-refractivity contribution is -0.120. The van der Waals surface area contributed by atoms with Crippen LogP contribution < -0.4 is 11.1 Å². The Hall–Kier alpha value is -1.98. The molecular formula is C15H20F2N2O2. The molecule has 2 amide bonds. The van der Waals surface area contributed by atoms with E-state index in [-0.39, 0.29) is 5.56 Å². The maximum atomic E-state index is 13.5. The van der Waals surface area contributed by atoms with E-state index in [1.165, 1.54) is 0 Å². The van der Waals surface area contributed by atoms with Gasteiger partial charge in [0.1, 0.15) is 17.7 Å². The first-order valence-corrected chi connectivity index (χ1v) is 7.01. The van der Waals surface area contributed by atoms with E-state index in [4.69, 9.17) is 5.73 Å². The van der Waals surface area contributed by atoms with Crippen LogP contribution in [-0.2, 0) is 4.79 Å². The van der Waals surface area contributed by atoms with Gasteiger partial charge >= 0.3 is 0 Å². The molecule has 1 rings (SSSR count). The SMILES string of the molecule is CCCCCC[C@@H](NC(=O)c1ccc(F)cc1F)C(N)=O. The molecule has 3 N–H and O–H groups in total. The van der Waals surface area contributed by atoms with Gasteiger partial charge in [-0.15, -0.1) is 0 Å². The highest BCUT2D eigenvalue weighted by atomic mass is 19.1. The van der Waals surface area contributed by atoms with Gasteiger partial charge in [-0.05, 0) is 18.6 Å². The average Bonchev–Trinajstić information content (AvgIpc) is 2.41. The molecule has 0 radical (unpaired) electrons. The van der Waals surface area contributed by atoms with Crippen LogP contribution in [0.1, 0.15) is 49.4 Å². The van der Waals surface area contributed by atoms with Crippen molar-refractivity contribution in [3.63, 3.8) is 0 Å². The monoisotopic (exact) mass is 298 g/mol. The summed E-state index contributed by atoms with van der Waals surface area (Å²) in [4.78, 5) is 23.2. The smallest absolute Gasteiger partial charge is 0.254 e. The van der Waals surface area contributed by atoms with Gasteiger partial charge < -0.3 is 11.1 Å². The van der Waals surface area contributed by atoms with E-state index in [9.17, 15) is 18.4 Å². The number of halogens is 2. The van der Waals surface area contributed by atoms with Gasteiger partial charge in [0.15, 0.2) is 0 Å². The molecule has 0 aliphatic carbocycles. The second-order valence-corrected chi connectivity index (χ2v) is 4.90. The Kier molecular flexibility index (Phi) is 6.78. The minimum atomic E-state index is -0.971. The zero-order valence-corrected chi connectivity index (χ0v) is 12.0. The molecular weight excluding hydrogens is 278 g/mol. The summed E-state index contributed by atoms with van der Waals surface area (Å²) in [6.45, 7) is 2.06. The normalized spacial score (nSPS) is 12.0. The fraction of sp³-hybridized carbons (Fsp3) is 0.467. The van der Waals surface area contributed by atoms with Crippen molar-refractivity contribution in [1.29, 1.82) is 0 Å². The molecule has 0 fully saturated rings. The Morgan fingerprint density at radius 2 is 1.95 bits per heavy atom. The first-order valence-electron chi connectivity index (χ1n) is 7.01. The molecule has 0 spiro atoms.